The molecule has 1 aromatic heterocycles. The second-order valence-corrected chi connectivity index (χ2v) is 5.11. The molecule has 1 aromatic carbocycles. The maximum Gasteiger partial charge on any atom is 0.248 e. The molecule has 0 radical (unpaired) electrons. The highest BCUT2D eigenvalue weighted by molar-refractivity contribution is 5.94. The van der Waals surface area contributed by atoms with Crippen molar-refractivity contribution >= 4 is 42.1 Å². The molecule has 5 nitrogen and oxygen atoms in total. The van der Waals surface area contributed by atoms with Gasteiger partial charge in [0.15, 0.2) is 0 Å². The predicted molar refractivity (Wildman–Crippen MR) is 95.1 cm³/mol. The van der Waals surface area contributed by atoms with Crippen LogP contribution in [0.3, 0.4) is 0 Å². The second kappa shape index (κ2) is 8.06. The van der Waals surface area contributed by atoms with Crippen molar-refractivity contribution in [3.63, 3.8) is 0 Å². The quantitative estimate of drug-likeness (QED) is 0.837. The van der Waals surface area contributed by atoms with Gasteiger partial charge in [0, 0.05) is 17.1 Å². The number of hydrogen-bond donors (Lipinski definition) is 2. The first-order valence-electron chi connectivity index (χ1n) is 6.58. The van der Waals surface area contributed by atoms with Crippen molar-refractivity contribution in [2.45, 2.75) is 33.7 Å². The Hall–Kier alpha value is -1.72. The molecule has 0 saturated carbocycles. The van der Waals surface area contributed by atoms with Crippen LogP contribution in [0.2, 0.25) is 0 Å². The lowest BCUT2D eigenvalue weighted by Crippen LogP contribution is -2.25. The van der Waals surface area contributed by atoms with Gasteiger partial charge in [-0.1, -0.05) is 6.07 Å². The highest BCUT2D eigenvalue weighted by Gasteiger charge is 2.18. The van der Waals surface area contributed by atoms with Crippen LogP contribution < -0.4 is 11.1 Å². The minimum absolute atomic E-state index is 0. The molecule has 0 aliphatic heterocycles. The van der Waals surface area contributed by atoms with E-state index in [0.29, 0.717) is 5.69 Å². The molecule has 0 aliphatic carbocycles. The molecule has 22 heavy (non-hydrogen) atoms. The van der Waals surface area contributed by atoms with E-state index in [9.17, 15) is 4.79 Å². The van der Waals surface area contributed by atoms with Crippen LogP contribution >= 0.6 is 24.8 Å². The number of hydrogen-bond acceptors (Lipinski definition) is 3. The molecule has 122 valence electrons. The van der Waals surface area contributed by atoms with Gasteiger partial charge in [0.2, 0.25) is 5.91 Å². The number of nitrogens with zero attached hydrogens (tertiary/aromatic N) is 2. The fraction of sp³-hybridized carbons (Fsp3) is 0.333. The van der Waals surface area contributed by atoms with Crippen molar-refractivity contribution in [1.82, 2.24) is 9.78 Å². The summed E-state index contributed by atoms with van der Waals surface area (Å²) in [7, 11) is 0. The van der Waals surface area contributed by atoms with Crippen molar-refractivity contribution in [3.05, 3.63) is 41.2 Å². The largest absolute Gasteiger partial charge is 0.399 e. The molecule has 0 fully saturated rings. The van der Waals surface area contributed by atoms with Crippen molar-refractivity contribution in [1.29, 1.82) is 0 Å². The zero-order chi connectivity index (χ0) is 14.9. The van der Waals surface area contributed by atoms with E-state index < -0.39 is 0 Å². The summed E-state index contributed by atoms with van der Waals surface area (Å²) in [5, 5.41) is 7.25. The van der Waals surface area contributed by atoms with E-state index in [1.807, 2.05) is 45.9 Å². The number of benzene rings is 1. The number of nitrogens with one attached hydrogen (secondary N) is 1. The van der Waals surface area contributed by atoms with Crippen molar-refractivity contribution in [2.24, 2.45) is 0 Å². The number of rotatable bonds is 3. The number of carbonyl (C=O) groups is 1. The lowest BCUT2D eigenvalue weighted by molar-refractivity contribution is -0.119. The molecule has 7 heteroatoms. The topological polar surface area (TPSA) is 72.9 Å². The van der Waals surface area contributed by atoms with Crippen LogP contribution in [0.25, 0.3) is 0 Å². The second-order valence-electron chi connectivity index (χ2n) is 5.11. The molecule has 0 spiro atoms. The van der Waals surface area contributed by atoms with Crippen LogP contribution in [0, 0.1) is 20.8 Å². The normalized spacial score (nSPS) is 11.1. The lowest BCUT2D eigenvalue weighted by Gasteiger charge is -2.16. The molecule has 1 heterocycles. The zero-order valence-corrected chi connectivity index (χ0v) is 14.7. The minimum Gasteiger partial charge on any atom is -0.399 e. The van der Waals surface area contributed by atoms with Crippen LogP contribution in [-0.4, -0.2) is 15.7 Å². The van der Waals surface area contributed by atoms with Gasteiger partial charge >= 0.3 is 0 Å². The Bertz CT molecular complexity index is 655. The van der Waals surface area contributed by atoms with Crippen LogP contribution in [0.5, 0.6) is 0 Å². The number of nitrogen functional groups attached to an aromatic ring is 1. The summed E-state index contributed by atoms with van der Waals surface area (Å²) in [4.78, 5) is 12.3. The smallest absolute Gasteiger partial charge is 0.248 e. The molecule has 2 rings (SSSR count). The first-order valence-corrected chi connectivity index (χ1v) is 6.58. The maximum absolute atomic E-state index is 12.3. The number of carbonyl (C=O) groups excluding carboxylic acids is 1. The molecule has 0 bridgehead atoms. The Morgan fingerprint density at radius 1 is 1.23 bits per heavy atom. The molecule has 0 aliphatic rings. The van der Waals surface area contributed by atoms with Gasteiger partial charge < -0.3 is 11.1 Å². The van der Waals surface area contributed by atoms with Crippen molar-refractivity contribution in [2.75, 3.05) is 11.1 Å². The highest BCUT2D eigenvalue weighted by Crippen LogP contribution is 2.20. The molecule has 1 unspecified atom stereocenters. The number of halogens is 2. The first-order chi connectivity index (χ1) is 9.38. The molecule has 2 aromatic rings. The molecular weight excluding hydrogens is 323 g/mol. The molecule has 0 saturated heterocycles. The fourth-order valence-corrected chi connectivity index (χ4v) is 2.16. The van der Waals surface area contributed by atoms with Gasteiger partial charge in [-0.05, 0) is 51.5 Å². The number of amides is 1. The fourth-order valence-electron chi connectivity index (χ4n) is 2.16. The third-order valence-electron chi connectivity index (χ3n) is 3.31. The Kier molecular flexibility index (Phi) is 7.43. The van der Waals surface area contributed by atoms with Gasteiger partial charge in [0.25, 0.3) is 0 Å². The first kappa shape index (κ1) is 20.3. The van der Waals surface area contributed by atoms with Crippen molar-refractivity contribution < 1.29 is 4.79 Å². The lowest BCUT2D eigenvalue weighted by atomic mass is 10.1. The van der Waals surface area contributed by atoms with E-state index in [1.54, 1.807) is 10.7 Å². The van der Waals surface area contributed by atoms with E-state index in [-0.39, 0.29) is 36.8 Å². The number of aryl methyl sites for hydroxylation is 3. The average molecular weight is 345 g/mol. The Morgan fingerprint density at radius 3 is 2.41 bits per heavy atom. The van der Waals surface area contributed by atoms with E-state index in [1.165, 1.54) is 0 Å². The Balaban J connectivity index is 0.00000220. The van der Waals surface area contributed by atoms with Crippen LogP contribution in [0.4, 0.5) is 11.4 Å². The summed E-state index contributed by atoms with van der Waals surface area (Å²) < 4.78 is 1.73. The summed E-state index contributed by atoms with van der Waals surface area (Å²) in [6.45, 7) is 7.62. The average Bonchev–Trinajstić information content (AvgIpc) is 2.72. The Morgan fingerprint density at radius 2 is 1.86 bits per heavy atom. The number of anilines is 2. The highest BCUT2D eigenvalue weighted by atomic mass is 35.5. The van der Waals surface area contributed by atoms with Crippen molar-refractivity contribution in [3.8, 4) is 0 Å². The van der Waals surface area contributed by atoms with Crippen LogP contribution in [0.1, 0.15) is 29.9 Å². The maximum atomic E-state index is 12.3. The summed E-state index contributed by atoms with van der Waals surface area (Å²) in [6, 6.07) is 7.05. The Labute approximate surface area is 143 Å². The number of nitrogens with two attached hydrogens (primary N) is 1. The summed E-state index contributed by atoms with van der Waals surface area (Å²) in [5.74, 6) is -0.107. The molecule has 3 N–H and O–H groups in total. The van der Waals surface area contributed by atoms with E-state index in [0.717, 1.165) is 22.6 Å². The summed E-state index contributed by atoms with van der Waals surface area (Å²) >= 11 is 0. The number of aromatic nitrogens is 2. The molecule has 1 amide bonds. The molecule has 1 atom stereocenters. The van der Waals surface area contributed by atoms with Gasteiger partial charge in [-0.3, -0.25) is 9.48 Å². The van der Waals surface area contributed by atoms with Crippen LogP contribution in [-0.2, 0) is 4.79 Å². The van der Waals surface area contributed by atoms with Gasteiger partial charge in [0.1, 0.15) is 6.04 Å². The summed E-state index contributed by atoms with van der Waals surface area (Å²) in [5.41, 5.74) is 9.97. The summed E-state index contributed by atoms with van der Waals surface area (Å²) in [6.07, 6.45) is 0. The zero-order valence-electron chi connectivity index (χ0n) is 13.1. The van der Waals surface area contributed by atoms with Gasteiger partial charge in [-0.25, -0.2) is 0 Å². The minimum atomic E-state index is -0.371. The third-order valence-corrected chi connectivity index (χ3v) is 3.31. The van der Waals surface area contributed by atoms with E-state index in [4.69, 9.17) is 5.73 Å². The van der Waals surface area contributed by atoms with Gasteiger partial charge in [-0.15, -0.1) is 24.8 Å². The molecular formula is C15H22Cl2N4O. The van der Waals surface area contributed by atoms with Gasteiger partial charge in [0.05, 0.1) is 5.69 Å². The van der Waals surface area contributed by atoms with E-state index >= 15 is 0 Å². The SMILES string of the molecule is Cc1cc(C)n(C(C)C(=O)Nc2cc(N)ccc2C)n1.Cl.Cl. The third kappa shape index (κ3) is 4.39. The standard InChI is InChI=1S/C15H20N4O.2ClH/c1-9-5-6-13(16)8-14(9)17-15(20)12(4)19-11(3)7-10(2)18-19;;/h5-8,12H,16H2,1-4H3,(H,17,20);2*1H. The monoisotopic (exact) mass is 344 g/mol. The predicted octanol–water partition coefficient (Wildman–Crippen LogP) is 3.43. The van der Waals surface area contributed by atoms with Crippen LogP contribution in [0.15, 0.2) is 24.3 Å². The van der Waals surface area contributed by atoms with Gasteiger partial charge in [-0.2, -0.15) is 5.10 Å². The van der Waals surface area contributed by atoms with E-state index in [2.05, 4.69) is 10.4 Å².